The Labute approximate surface area is 217 Å². The van der Waals surface area contributed by atoms with Gasteiger partial charge >= 0.3 is 219 Å². The SMILES string of the molecule is CN=C(N)[C@H](Cc1ccc(O)cc1)[I-]C(=N)c1cc(C(=O)O)c2cc(-c3ccc(O)cc3)ccc2n1. The van der Waals surface area contributed by atoms with Gasteiger partial charge in [-0.1, -0.05) is 0 Å². The number of pyridine rings is 1. The Morgan fingerprint density at radius 2 is 1.61 bits per heavy atom. The van der Waals surface area contributed by atoms with Gasteiger partial charge in [-0.3, -0.25) is 0 Å². The quantitative estimate of drug-likeness (QED) is 0.0888. The summed E-state index contributed by atoms with van der Waals surface area (Å²) in [6.45, 7) is 0. The van der Waals surface area contributed by atoms with Gasteiger partial charge in [0.1, 0.15) is 0 Å². The van der Waals surface area contributed by atoms with E-state index in [0.29, 0.717) is 28.9 Å². The number of aromatic hydroxyl groups is 2. The number of phenols is 2. The van der Waals surface area contributed by atoms with Crippen molar-refractivity contribution in [2.45, 2.75) is 10.3 Å². The van der Waals surface area contributed by atoms with E-state index in [1.54, 1.807) is 67.7 Å². The molecule has 4 aromatic rings. The number of nitrogens with one attached hydrogen (secondary N) is 1. The van der Waals surface area contributed by atoms with Crippen molar-refractivity contribution < 1.29 is 41.3 Å². The molecule has 6 N–H and O–H groups in total. The van der Waals surface area contributed by atoms with Gasteiger partial charge in [0.25, 0.3) is 0 Å². The Morgan fingerprint density at radius 1 is 1.00 bits per heavy atom. The zero-order valence-electron chi connectivity index (χ0n) is 19.3. The number of carboxylic acid groups (broad SMARTS) is 1. The van der Waals surface area contributed by atoms with Gasteiger partial charge in [0.05, 0.1) is 0 Å². The summed E-state index contributed by atoms with van der Waals surface area (Å²) in [4.78, 5) is 20.9. The number of benzene rings is 3. The molecule has 0 aliphatic carbocycles. The third-order valence-electron chi connectivity index (χ3n) is 5.64. The van der Waals surface area contributed by atoms with Crippen LogP contribution in [0.15, 0.2) is 77.8 Å². The second kappa shape index (κ2) is 10.7. The van der Waals surface area contributed by atoms with Crippen LogP contribution in [0.3, 0.4) is 0 Å². The molecule has 0 amide bonds. The summed E-state index contributed by atoms with van der Waals surface area (Å²) in [5, 5.41) is 38.3. The fourth-order valence-electron chi connectivity index (χ4n) is 3.71. The zero-order valence-corrected chi connectivity index (χ0v) is 21.5. The first-order chi connectivity index (χ1) is 17.2. The van der Waals surface area contributed by atoms with Crippen molar-refractivity contribution in [1.82, 2.24) is 4.98 Å². The fourth-order valence-corrected chi connectivity index (χ4v) is 6.39. The minimum atomic E-state index is -1.10. The van der Waals surface area contributed by atoms with Gasteiger partial charge in [-0.2, -0.15) is 0 Å². The molecule has 1 heterocycles. The number of hydrogen-bond acceptors (Lipinski definition) is 6. The van der Waals surface area contributed by atoms with Crippen LogP contribution in [0, 0.1) is 5.41 Å². The third kappa shape index (κ3) is 5.62. The molecule has 9 heteroatoms. The summed E-state index contributed by atoms with van der Waals surface area (Å²) in [7, 11) is 1.61. The van der Waals surface area contributed by atoms with E-state index in [-0.39, 0.29) is 24.7 Å². The molecule has 0 bridgehead atoms. The predicted octanol–water partition coefficient (Wildman–Crippen LogP) is 1.02. The monoisotopic (exact) mass is 595 g/mol. The number of aliphatic imine (C=N–C) groups is 1. The van der Waals surface area contributed by atoms with E-state index in [9.17, 15) is 20.1 Å². The second-order valence-corrected chi connectivity index (χ2v) is 11.3. The van der Waals surface area contributed by atoms with Crippen molar-refractivity contribution in [3.05, 3.63) is 89.6 Å². The molecule has 0 spiro atoms. The molecule has 0 radical (unpaired) electrons. The maximum absolute atomic E-state index is 12.1. The molecular weight excluding hydrogens is 571 g/mol. The first-order valence-electron chi connectivity index (χ1n) is 10.9. The van der Waals surface area contributed by atoms with Crippen molar-refractivity contribution in [1.29, 1.82) is 5.41 Å². The van der Waals surface area contributed by atoms with Crippen molar-refractivity contribution in [3.63, 3.8) is 0 Å². The van der Waals surface area contributed by atoms with Crippen LogP contribution in [-0.4, -0.2) is 46.8 Å². The fraction of sp³-hybridized carbons (Fsp3) is 0.111. The first kappa shape index (κ1) is 25.1. The molecule has 0 unspecified atom stereocenters. The zero-order chi connectivity index (χ0) is 25.8. The summed E-state index contributed by atoms with van der Waals surface area (Å²) < 4.78 is 0.0738. The van der Waals surface area contributed by atoms with E-state index >= 15 is 0 Å². The number of fused-ring (bicyclic) bond motifs is 1. The summed E-state index contributed by atoms with van der Waals surface area (Å²) >= 11 is -1.01. The number of nitrogens with two attached hydrogens (primary N) is 1. The van der Waals surface area contributed by atoms with Gasteiger partial charge < -0.3 is 0 Å². The molecule has 0 saturated carbocycles. The number of nitrogens with zero attached hydrogens (tertiary/aromatic N) is 2. The molecule has 8 nitrogen and oxygen atoms in total. The molecule has 0 aliphatic rings. The number of rotatable bonds is 8. The molecule has 0 saturated heterocycles. The van der Waals surface area contributed by atoms with Crippen LogP contribution in [0.25, 0.3) is 22.0 Å². The van der Waals surface area contributed by atoms with Crippen molar-refractivity contribution in [3.8, 4) is 22.6 Å². The normalized spacial score (nSPS) is 12.5. The van der Waals surface area contributed by atoms with Crippen molar-refractivity contribution >= 4 is 26.4 Å². The average molecular weight is 595 g/mol. The molecule has 3 aromatic carbocycles. The van der Waals surface area contributed by atoms with E-state index in [0.717, 1.165) is 16.7 Å². The standard InChI is InChI=1S/C27H24IN4O4/c1-31-26(30)22(12-15-2-7-18(33)8-3-15)28-25(29)24-14-21(27(35)36)20-13-17(6-11-23(20)32-24)16-4-9-19(34)10-5-16/h2-11,13-14,22,29,33-34H,12H2,1H3,(H2,30,31)(H,35,36)/q-1/t22-/m0/s1. The Balaban J connectivity index is 1.67. The molecule has 184 valence electrons. The molecular formula is C27H24IN4O4-. The number of aromatic carboxylic acids is 1. The summed E-state index contributed by atoms with van der Waals surface area (Å²) in [5.41, 5.74) is 9.61. The summed E-state index contributed by atoms with van der Waals surface area (Å²) in [6.07, 6.45) is 0.550. The van der Waals surface area contributed by atoms with Crippen LogP contribution in [0.2, 0.25) is 0 Å². The molecule has 1 aromatic heterocycles. The minimum absolute atomic E-state index is 0.0663. The number of phenolic OH excluding ortho intramolecular Hbond substituents is 2. The van der Waals surface area contributed by atoms with Crippen LogP contribution < -0.4 is 26.9 Å². The van der Waals surface area contributed by atoms with Gasteiger partial charge in [0, 0.05) is 0 Å². The van der Waals surface area contributed by atoms with Crippen LogP contribution in [0.5, 0.6) is 11.5 Å². The number of carbonyl (C=O) groups is 1. The molecule has 0 fully saturated rings. The number of amidine groups is 1. The van der Waals surface area contributed by atoms with Gasteiger partial charge in [-0.15, -0.1) is 0 Å². The van der Waals surface area contributed by atoms with Gasteiger partial charge in [-0.25, -0.2) is 0 Å². The Kier molecular flexibility index (Phi) is 7.49. The molecule has 4 rings (SSSR count). The van der Waals surface area contributed by atoms with Gasteiger partial charge in [0.15, 0.2) is 0 Å². The summed E-state index contributed by atoms with van der Waals surface area (Å²) in [6, 6.07) is 20.3. The van der Waals surface area contributed by atoms with Crippen LogP contribution in [0.4, 0.5) is 0 Å². The molecule has 1 atom stereocenters. The maximum atomic E-state index is 12.1. The van der Waals surface area contributed by atoms with E-state index in [2.05, 4.69) is 9.98 Å². The van der Waals surface area contributed by atoms with Crippen molar-refractivity contribution in [2.75, 3.05) is 7.05 Å². The number of aromatic nitrogens is 1. The first-order valence-corrected chi connectivity index (χ1v) is 13.3. The van der Waals surface area contributed by atoms with E-state index < -0.39 is 27.2 Å². The number of hydrogen-bond donors (Lipinski definition) is 5. The predicted molar refractivity (Wildman–Crippen MR) is 136 cm³/mol. The van der Waals surface area contributed by atoms with E-state index in [4.69, 9.17) is 11.1 Å². The van der Waals surface area contributed by atoms with E-state index in [1.165, 1.54) is 6.07 Å². The van der Waals surface area contributed by atoms with Crippen LogP contribution >= 0.6 is 0 Å². The number of alkyl halides is 1. The van der Waals surface area contributed by atoms with Gasteiger partial charge in [-0.05, 0) is 0 Å². The topological polar surface area (TPSA) is 153 Å². The average Bonchev–Trinajstić information content (AvgIpc) is 2.88. The molecule has 36 heavy (non-hydrogen) atoms. The number of halogens is 1. The molecule has 0 aliphatic heterocycles. The summed E-state index contributed by atoms with van der Waals surface area (Å²) in [5.74, 6) is -0.354. The van der Waals surface area contributed by atoms with Crippen LogP contribution in [0.1, 0.15) is 21.6 Å². The third-order valence-corrected chi connectivity index (χ3v) is 8.64. The Bertz CT molecular complexity index is 1470. The Morgan fingerprint density at radius 3 is 2.22 bits per heavy atom. The van der Waals surface area contributed by atoms with Crippen molar-refractivity contribution in [2.24, 2.45) is 10.7 Å². The second-order valence-electron chi connectivity index (χ2n) is 8.05. The Hall–Kier alpha value is -3.99. The van der Waals surface area contributed by atoms with Gasteiger partial charge in [0.2, 0.25) is 0 Å². The van der Waals surface area contributed by atoms with E-state index in [1.807, 2.05) is 6.07 Å². The van der Waals surface area contributed by atoms with Crippen LogP contribution in [-0.2, 0) is 6.42 Å². The number of carboxylic acids is 1.